The van der Waals surface area contributed by atoms with E-state index in [2.05, 4.69) is 20.0 Å². The Balaban J connectivity index is 1.43. The molecule has 0 fully saturated rings. The summed E-state index contributed by atoms with van der Waals surface area (Å²) >= 11 is 0. The number of benzene rings is 3. The Morgan fingerprint density at radius 2 is 1.55 bits per heavy atom. The van der Waals surface area contributed by atoms with Crippen molar-refractivity contribution < 1.29 is 13.2 Å². The molecule has 0 aliphatic heterocycles. The van der Waals surface area contributed by atoms with E-state index >= 15 is 0 Å². The van der Waals surface area contributed by atoms with Crippen LogP contribution in [0, 0.1) is 0 Å². The molecule has 1 aromatic heterocycles. The molecule has 0 bridgehead atoms. The highest BCUT2D eigenvalue weighted by Crippen LogP contribution is 2.20. The highest BCUT2D eigenvalue weighted by atomic mass is 32.2. The average Bonchev–Trinajstić information content (AvgIpc) is 2.79. The molecule has 4 aromatic rings. The summed E-state index contributed by atoms with van der Waals surface area (Å²) in [4.78, 5) is 20.4. The van der Waals surface area contributed by atoms with E-state index < -0.39 is 10.0 Å². The van der Waals surface area contributed by atoms with Gasteiger partial charge in [-0.3, -0.25) is 4.79 Å². The molecule has 0 atom stereocenters. The highest BCUT2D eigenvalue weighted by Gasteiger charge is 2.15. The number of allylic oxidation sites excluding steroid dienone is 1. The van der Waals surface area contributed by atoms with Crippen LogP contribution >= 0.6 is 0 Å². The van der Waals surface area contributed by atoms with E-state index in [4.69, 9.17) is 0 Å². The summed E-state index contributed by atoms with van der Waals surface area (Å²) in [7, 11) is -3.80. The quantitative estimate of drug-likeness (QED) is 0.336. The van der Waals surface area contributed by atoms with E-state index in [0.29, 0.717) is 11.3 Å². The average molecular weight is 430 g/mol. The lowest BCUT2D eigenvalue weighted by atomic mass is 10.0. The Bertz CT molecular complexity index is 1350. The van der Waals surface area contributed by atoms with E-state index in [0.717, 1.165) is 10.8 Å². The predicted molar refractivity (Wildman–Crippen MR) is 120 cm³/mol. The van der Waals surface area contributed by atoms with Crippen LogP contribution in [0.5, 0.6) is 0 Å². The highest BCUT2D eigenvalue weighted by molar-refractivity contribution is 7.92. The second kappa shape index (κ2) is 8.76. The van der Waals surface area contributed by atoms with Crippen LogP contribution in [0.3, 0.4) is 0 Å². The van der Waals surface area contributed by atoms with Gasteiger partial charge in [-0.25, -0.2) is 23.1 Å². The number of hydrogen-bond acceptors (Lipinski definition) is 6. The van der Waals surface area contributed by atoms with Crippen molar-refractivity contribution in [2.45, 2.75) is 4.90 Å². The third kappa shape index (κ3) is 4.76. The molecule has 0 unspecified atom stereocenters. The molecule has 0 amide bonds. The molecule has 154 valence electrons. The summed E-state index contributed by atoms with van der Waals surface area (Å²) in [6.07, 6.45) is 5.87. The summed E-state index contributed by atoms with van der Waals surface area (Å²) in [6.45, 7) is 0. The number of aromatic nitrogens is 2. The van der Waals surface area contributed by atoms with Gasteiger partial charge in [-0.2, -0.15) is 0 Å². The van der Waals surface area contributed by atoms with Gasteiger partial charge in [0.15, 0.2) is 5.78 Å². The lowest BCUT2D eigenvalue weighted by molar-refractivity contribution is 0.104. The Morgan fingerprint density at radius 3 is 2.32 bits per heavy atom. The topological polar surface area (TPSA) is 101 Å². The van der Waals surface area contributed by atoms with Crippen LogP contribution < -0.4 is 10.0 Å². The minimum atomic E-state index is -3.80. The number of nitrogens with zero attached hydrogens (tertiary/aromatic N) is 2. The number of nitrogens with one attached hydrogen (secondary N) is 2. The fourth-order valence-corrected chi connectivity index (χ4v) is 3.96. The molecule has 7 nitrogen and oxygen atoms in total. The second-order valence-corrected chi connectivity index (χ2v) is 8.25. The third-order valence-electron chi connectivity index (χ3n) is 4.50. The lowest BCUT2D eigenvalue weighted by Gasteiger charge is -2.07. The molecule has 0 spiro atoms. The zero-order chi connectivity index (χ0) is 21.7. The molecule has 1 heterocycles. The monoisotopic (exact) mass is 430 g/mol. The van der Waals surface area contributed by atoms with Gasteiger partial charge in [-0.15, -0.1) is 0 Å². The fourth-order valence-electron chi connectivity index (χ4n) is 3.00. The number of ketones is 1. The summed E-state index contributed by atoms with van der Waals surface area (Å²) < 4.78 is 27.1. The van der Waals surface area contributed by atoms with Crippen molar-refractivity contribution >= 4 is 38.2 Å². The van der Waals surface area contributed by atoms with Gasteiger partial charge in [0.1, 0.15) is 0 Å². The van der Waals surface area contributed by atoms with Crippen molar-refractivity contribution in [1.82, 2.24) is 9.97 Å². The third-order valence-corrected chi connectivity index (χ3v) is 5.84. The van der Waals surface area contributed by atoms with Crippen LogP contribution in [0.15, 0.2) is 102 Å². The number of rotatable bonds is 7. The van der Waals surface area contributed by atoms with Crippen LogP contribution in [0.2, 0.25) is 0 Å². The Hall–Kier alpha value is -4.04. The normalized spacial score (nSPS) is 11.5. The van der Waals surface area contributed by atoms with Gasteiger partial charge in [0.2, 0.25) is 5.95 Å². The minimum absolute atomic E-state index is 0.000386. The first-order chi connectivity index (χ1) is 15.0. The predicted octanol–water partition coefficient (Wildman–Crippen LogP) is 4.24. The molecule has 0 radical (unpaired) electrons. The van der Waals surface area contributed by atoms with Crippen molar-refractivity contribution in [3.63, 3.8) is 0 Å². The van der Waals surface area contributed by atoms with Crippen molar-refractivity contribution in [2.24, 2.45) is 0 Å². The summed E-state index contributed by atoms with van der Waals surface area (Å²) in [6, 6.07) is 21.0. The Labute approximate surface area is 179 Å². The molecule has 3 aromatic carbocycles. The summed E-state index contributed by atoms with van der Waals surface area (Å²) in [5.41, 5.74) is 1.25. The van der Waals surface area contributed by atoms with Gasteiger partial charge < -0.3 is 5.32 Å². The zero-order valence-corrected chi connectivity index (χ0v) is 17.1. The van der Waals surface area contributed by atoms with Gasteiger partial charge in [0.05, 0.1) is 4.90 Å². The lowest BCUT2D eigenvalue weighted by Crippen LogP contribution is -2.14. The van der Waals surface area contributed by atoms with Crippen LogP contribution in [0.25, 0.3) is 10.8 Å². The molecule has 31 heavy (non-hydrogen) atoms. The summed E-state index contributed by atoms with van der Waals surface area (Å²) in [5, 5.41) is 4.87. The molecular weight excluding hydrogens is 412 g/mol. The SMILES string of the molecule is O=C(/C=C/Nc1ccc(S(=O)(=O)Nc2ncccn2)cc1)c1cccc2ccccc12. The number of fused-ring (bicyclic) bond motifs is 1. The Morgan fingerprint density at radius 1 is 0.839 bits per heavy atom. The molecule has 2 N–H and O–H groups in total. The number of anilines is 2. The van der Waals surface area contributed by atoms with E-state index in [1.165, 1.54) is 36.8 Å². The molecule has 0 saturated carbocycles. The number of sulfonamides is 1. The minimum Gasteiger partial charge on any atom is -0.362 e. The molecular formula is C23H18N4O3S. The van der Waals surface area contributed by atoms with E-state index in [1.54, 1.807) is 24.3 Å². The van der Waals surface area contributed by atoms with Gasteiger partial charge in [-0.1, -0.05) is 42.5 Å². The van der Waals surface area contributed by atoms with Crippen molar-refractivity contribution in [3.05, 3.63) is 103 Å². The van der Waals surface area contributed by atoms with Gasteiger partial charge in [0.25, 0.3) is 10.0 Å². The maximum Gasteiger partial charge on any atom is 0.264 e. The van der Waals surface area contributed by atoms with Crippen LogP contribution in [-0.4, -0.2) is 24.2 Å². The van der Waals surface area contributed by atoms with Gasteiger partial charge >= 0.3 is 0 Å². The number of carbonyl (C=O) groups excluding carboxylic acids is 1. The number of hydrogen-bond donors (Lipinski definition) is 2. The Kier molecular flexibility index (Phi) is 5.72. The van der Waals surface area contributed by atoms with Crippen molar-refractivity contribution in [3.8, 4) is 0 Å². The molecule has 0 saturated heterocycles. The van der Waals surface area contributed by atoms with E-state index in [9.17, 15) is 13.2 Å². The van der Waals surface area contributed by atoms with Crippen molar-refractivity contribution in [1.29, 1.82) is 0 Å². The van der Waals surface area contributed by atoms with Gasteiger partial charge in [-0.05, 0) is 41.1 Å². The fraction of sp³-hybridized carbons (Fsp3) is 0. The van der Waals surface area contributed by atoms with Crippen LogP contribution in [0.1, 0.15) is 10.4 Å². The smallest absolute Gasteiger partial charge is 0.264 e. The van der Waals surface area contributed by atoms with E-state index in [1.807, 2.05) is 36.4 Å². The first kappa shape index (κ1) is 20.2. The maximum atomic E-state index is 12.6. The second-order valence-electron chi connectivity index (χ2n) is 6.57. The standard InChI is InChI=1S/C23H18N4O3S/c28-22(21-8-3-6-17-5-1-2-7-20(17)21)13-16-24-18-9-11-19(12-10-18)31(29,30)27-23-25-14-4-15-26-23/h1-16,24H,(H,25,26,27)/b16-13+. The molecule has 8 heteroatoms. The van der Waals surface area contributed by atoms with E-state index in [-0.39, 0.29) is 16.6 Å². The van der Waals surface area contributed by atoms with Crippen LogP contribution in [0.4, 0.5) is 11.6 Å². The molecule has 4 rings (SSSR count). The molecule has 0 aliphatic rings. The largest absolute Gasteiger partial charge is 0.362 e. The zero-order valence-electron chi connectivity index (χ0n) is 16.3. The summed E-state index contributed by atoms with van der Waals surface area (Å²) in [5.74, 6) is -0.129. The van der Waals surface area contributed by atoms with Gasteiger partial charge in [0, 0.05) is 35.9 Å². The maximum absolute atomic E-state index is 12.6. The van der Waals surface area contributed by atoms with Crippen molar-refractivity contribution in [2.75, 3.05) is 10.0 Å². The van der Waals surface area contributed by atoms with Crippen LogP contribution in [-0.2, 0) is 10.0 Å². The molecule has 0 aliphatic carbocycles. The first-order valence-corrected chi connectivity index (χ1v) is 10.9. The number of carbonyl (C=O) groups is 1. The first-order valence-electron chi connectivity index (χ1n) is 9.38.